The van der Waals surface area contributed by atoms with Gasteiger partial charge in [0, 0.05) is 32.1 Å². The molecule has 1 N–H and O–H groups in total. The molecule has 0 aliphatic heterocycles. The van der Waals surface area contributed by atoms with Gasteiger partial charge in [-0.2, -0.15) is 0 Å². The van der Waals surface area contributed by atoms with Crippen molar-refractivity contribution < 1.29 is 9.53 Å². The molecule has 7 nitrogen and oxygen atoms in total. The summed E-state index contributed by atoms with van der Waals surface area (Å²) < 4.78 is 5.08. The third-order valence-corrected chi connectivity index (χ3v) is 2.96. The highest BCUT2D eigenvalue weighted by Gasteiger charge is 2.13. The summed E-state index contributed by atoms with van der Waals surface area (Å²) in [6.07, 6.45) is 1.57. The number of rotatable bonds is 5. The SMILES string of the molecule is COc1ncccc1C(=O)NCc1nc(C)cc(N(C)C)n1. The van der Waals surface area contributed by atoms with Crippen molar-refractivity contribution in [2.45, 2.75) is 13.5 Å². The van der Waals surface area contributed by atoms with E-state index in [4.69, 9.17) is 4.74 Å². The molecule has 1 amide bonds. The summed E-state index contributed by atoms with van der Waals surface area (Å²) in [5, 5.41) is 2.78. The van der Waals surface area contributed by atoms with Crippen molar-refractivity contribution in [2.24, 2.45) is 0 Å². The molecule has 116 valence electrons. The molecule has 0 aliphatic carbocycles. The lowest BCUT2D eigenvalue weighted by molar-refractivity contribution is 0.0946. The van der Waals surface area contributed by atoms with E-state index in [2.05, 4.69) is 20.3 Å². The molecule has 2 heterocycles. The first-order chi connectivity index (χ1) is 10.5. The largest absolute Gasteiger partial charge is 0.480 e. The molecule has 0 unspecified atom stereocenters. The zero-order chi connectivity index (χ0) is 16.1. The number of aryl methyl sites for hydroxylation is 1. The summed E-state index contributed by atoms with van der Waals surface area (Å²) in [4.78, 5) is 26.8. The number of ether oxygens (including phenoxy) is 1. The Hall–Kier alpha value is -2.70. The number of amides is 1. The van der Waals surface area contributed by atoms with Gasteiger partial charge in [-0.3, -0.25) is 4.79 Å². The average molecular weight is 301 g/mol. The van der Waals surface area contributed by atoms with Crippen molar-refractivity contribution in [2.75, 3.05) is 26.1 Å². The van der Waals surface area contributed by atoms with Crippen LogP contribution in [-0.4, -0.2) is 42.1 Å². The van der Waals surface area contributed by atoms with Crippen molar-refractivity contribution >= 4 is 11.7 Å². The van der Waals surface area contributed by atoms with Gasteiger partial charge in [-0.1, -0.05) is 0 Å². The molecule has 0 saturated heterocycles. The third-order valence-electron chi connectivity index (χ3n) is 2.96. The number of pyridine rings is 1. The van der Waals surface area contributed by atoms with Gasteiger partial charge in [-0.15, -0.1) is 0 Å². The van der Waals surface area contributed by atoms with Gasteiger partial charge in [0.05, 0.1) is 13.7 Å². The maximum absolute atomic E-state index is 12.2. The van der Waals surface area contributed by atoms with E-state index in [1.807, 2.05) is 32.0 Å². The van der Waals surface area contributed by atoms with E-state index < -0.39 is 0 Å². The molecule has 0 aromatic carbocycles. The number of hydrogen-bond acceptors (Lipinski definition) is 6. The number of carbonyl (C=O) groups is 1. The van der Waals surface area contributed by atoms with E-state index in [1.165, 1.54) is 7.11 Å². The van der Waals surface area contributed by atoms with E-state index in [0.717, 1.165) is 11.5 Å². The zero-order valence-corrected chi connectivity index (χ0v) is 13.1. The normalized spacial score (nSPS) is 10.2. The Morgan fingerprint density at radius 3 is 2.82 bits per heavy atom. The zero-order valence-electron chi connectivity index (χ0n) is 13.1. The van der Waals surface area contributed by atoms with E-state index in [0.29, 0.717) is 17.3 Å². The van der Waals surface area contributed by atoms with Gasteiger partial charge in [-0.05, 0) is 19.1 Å². The standard InChI is InChI=1S/C15H19N5O2/c1-10-8-13(20(2)3)19-12(18-10)9-17-14(21)11-6-5-7-16-15(11)22-4/h5-8H,9H2,1-4H3,(H,17,21). The molecule has 22 heavy (non-hydrogen) atoms. The third kappa shape index (κ3) is 3.69. The van der Waals surface area contributed by atoms with Crippen molar-refractivity contribution in [3.05, 3.63) is 41.5 Å². The number of anilines is 1. The smallest absolute Gasteiger partial charge is 0.257 e. The summed E-state index contributed by atoms with van der Waals surface area (Å²) >= 11 is 0. The first-order valence-corrected chi connectivity index (χ1v) is 6.80. The lowest BCUT2D eigenvalue weighted by atomic mass is 10.2. The maximum atomic E-state index is 12.2. The molecule has 0 bridgehead atoms. The fourth-order valence-electron chi connectivity index (χ4n) is 1.90. The van der Waals surface area contributed by atoms with Crippen LogP contribution < -0.4 is 15.0 Å². The van der Waals surface area contributed by atoms with Crippen LogP contribution in [0.5, 0.6) is 5.88 Å². The molecular weight excluding hydrogens is 282 g/mol. The predicted octanol–water partition coefficient (Wildman–Crippen LogP) is 1.18. The van der Waals surface area contributed by atoms with Crippen LogP contribution >= 0.6 is 0 Å². The maximum Gasteiger partial charge on any atom is 0.257 e. The molecule has 2 rings (SSSR count). The summed E-state index contributed by atoms with van der Waals surface area (Å²) in [6.45, 7) is 2.13. The van der Waals surface area contributed by atoms with Crippen LogP contribution in [0, 0.1) is 6.92 Å². The molecule has 0 fully saturated rings. The molecule has 2 aromatic rings. The van der Waals surface area contributed by atoms with Crippen molar-refractivity contribution in [3.8, 4) is 5.88 Å². The molecule has 0 atom stereocenters. The van der Waals surface area contributed by atoms with E-state index >= 15 is 0 Å². The number of hydrogen-bond donors (Lipinski definition) is 1. The Balaban J connectivity index is 2.11. The van der Waals surface area contributed by atoms with E-state index in [-0.39, 0.29) is 12.5 Å². The second-order valence-electron chi connectivity index (χ2n) is 4.92. The highest BCUT2D eigenvalue weighted by Crippen LogP contribution is 2.13. The Labute approximate surface area is 129 Å². The lowest BCUT2D eigenvalue weighted by Gasteiger charge is -2.13. The molecule has 0 radical (unpaired) electrons. The molecule has 0 aliphatic rings. The van der Waals surface area contributed by atoms with Crippen LogP contribution in [0.3, 0.4) is 0 Å². The topological polar surface area (TPSA) is 80.2 Å². The van der Waals surface area contributed by atoms with Crippen LogP contribution in [0.1, 0.15) is 21.9 Å². The first-order valence-electron chi connectivity index (χ1n) is 6.80. The summed E-state index contributed by atoms with van der Waals surface area (Å²) in [7, 11) is 5.29. The monoisotopic (exact) mass is 301 g/mol. The fourth-order valence-corrected chi connectivity index (χ4v) is 1.90. The van der Waals surface area contributed by atoms with Crippen LogP contribution in [0.15, 0.2) is 24.4 Å². The quantitative estimate of drug-likeness (QED) is 0.893. The minimum atomic E-state index is -0.276. The highest BCUT2D eigenvalue weighted by atomic mass is 16.5. The van der Waals surface area contributed by atoms with Gasteiger partial charge in [0.2, 0.25) is 5.88 Å². The Bertz CT molecular complexity index is 673. The van der Waals surface area contributed by atoms with Crippen molar-refractivity contribution in [3.63, 3.8) is 0 Å². The van der Waals surface area contributed by atoms with Gasteiger partial charge < -0.3 is 15.0 Å². The molecule has 0 saturated carbocycles. The van der Waals surface area contributed by atoms with Crippen LogP contribution in [0.25, 0.3) is 0 Å². The van der Waals surface area contributed by atoms with Gasteiger partial charge in [0.25, 0.3) is 5.91 Å². The van der Waals surface area contributed by atoms with Crippen LogP contribution in [0.4, 0.5) is 5.82 Å². The number of methoxy groups -OCH3 is 1. The molecule has 2 aromatic heterocycles. The fraction of sp³-hybridized carbons (Fsp3) is 0.333. The minimum absolute atomic E-state index is 0.236. The second kappa shape index (κ2) is 6.84. The van der Waals surface area contributed by atoms with Crippen molar-refractivity contribution in [1.29, 1.82) is 0 Å². The second-order valence-corrected chi connectivity index (χ2v) is 4.92. The van der Waals surface area contributed by atoms with E-state index in [9.17, 15) is 4.79 Å². The highest BCUT2D eigenvalue weighted by molar-refractivity contribution is 5.96. The first kappa shape index (κ1) is 15.7. The summed E-state index contributed by atoms with van der Waals surface area (Å²) in [6, 6.07) is 5.23. The summed E-state index contributed by atoms with van der Waals surface area (Å²) in [5.74, 6) is 1.37. The number of aromatic nitrogens is 3. The van der Waals surface area contributed by atoms with E-state index in [1.54, 1.807) is 18.3 Å². The lowest BCUT2D eigenvalue weighted by Crippen LogP contribution is -2.25. The molecule has 7 heteroatoms. The minimum Gasteiger partial charge on any atom is -0.480 e. The Morgan fingerprint density at radius 1 is 1.36 bits per heavy atom. The van der Waals surface area contributed by atoms with Gasteiger partial charge >= 0.3 is 0 Å². The van der Waals surface area contributed by atoms with Gasteiger partial charge in [0.15, 0.2) is 0 Å². The average Bonchev–Trinajstić information content (AvgIpc) is 2.52. The van der Waals surface area contributed by atoms with Gasteiger partial charge in [0.1, 0.15) is 17.2 Å². The van der Waals surface area contributed by atoms with Crippen LogP contribution in [0.2, 0.25) is 0 Å². The molecular formula is C15H19N5O2. The van der Waals surface area contributed by atoms with Gasteiger partial charge in [-0.25, -0.2) is 15.0 Å². The number of carbonyl (C=O) groups excluding carboxylic acids is 1. The number of nitrogens with one attached hydrogen (secondary N) is 1. The Morgan fingerprint density at radius 2 is 2.14 bits per heavy atom. The number of nitrogens with zero attached hydrogens (tertiary/aromatic N) is 4. The van der Waals surface area contributed by atoms with Crippen molar-refractivity contribution in [1.82, 2.24) is 20.3 Å². The Kier molecular flexibility index (Phi) is 4.88. The predicted molar refractivity (Wildman–Crippen MR) is 83.1 cm³/mol. The summed E-state index contributed by atoms with van der Waals surface area (Å²) in [5.41, 5.74) is 1.23. The molecule has 0 spiro atoms. The van der Waals surface area contributed by atoms with Crippen LogP contribution in [-0.2, 0) is 6.54 Å².